The van der Waals surface area contributed by atoms with Crippen molar-refractivity contribution in [1.82, 2.24) is 15.6 Å². The van der Waals surface area contributed by atoms with Gasteiger partial charge in [0.25, 0.3) is 0 Å². The van der Waals surface area contributed by atoms with E-state index >= 15 is 0 Å². The summed E-state index contributed by atoms with van der Waals surface area (Å²) in [6, 6.07) is -0.540. The van der Waals surface area contributed by atoms with Crippen LogP contribution >= 0.6 is 23.6 Å². The van der Waals surface area contributed by atoms with Gasteiger partial charge < -0.3 is 15.4 Å². The van der Waals surface area contributed by atoms with Gasteiger partial charge in [0.1, 0.15) is 11.7 Å². The molecule has 0 aliphatic carbocycles. The Kier molecular flexibility index (Phi) is 5.25. The fourth-order valence-electron chi connectivity index (χ4n) is 2.15. The zero-order valence-corrected chi connectivity index (χ0v) is 14.2. The van der Waals surface area contributed by atoms with Crippen molar-refractivity contribution in [3.63, 3.8) is 0 Å². The van der Waals surface area contributed by atoms with Gasteiger partial charge in [-0.05, 0) is 32.5 Å². The van der Waals surface area contributed by atoms with E-state index in [0.717, 1.165) is 11.4 Å². The van der Waals surface area contributed by atoms with Crippen molar-refractivity contribution in [2.75, 3.05) is 6.61 Å². The lowest BCUT2D eigenvalue weighted by atomic mass is 9.97. The number of Topliss-reactive ketones (excluding diaryl/α,β-unsaturated/α-hetero) is 1. The van der Waals surface area contributed by atoms with E-state index < -0.39 is 12.0 Å². The van der Waals surface area contributed by atoms with Crippen molar-refractivity contribution < 1.29 is 14.3 Å². The number of aryl methyl sites for hydroxylation is 1. The van der Waals surface area contributed by atoms with Crippen LogP contribution < -0.4 is 10.6 Å². The molecule has 118 valence electrons. The third-order valence-electron chi connectivity index (χ3n) is 3.10. The minimum absolute atomic E-state index is 0.0918. The summed E-state index contributed by atoms with van der Waals surface area (Å²) < 4.78 is 5.00. The Morgan fingerprint density at radius 3 is 2.73 bits per heavy atom. The summed E-state index contributed by atoms with van der Waals surface area (Å²) in [7, 11) is 0. The van der Waals surface area contributed by atoms with Gasteiger partial charge in [-0.15, -0.1) is 11.3 Å². The van der Waals surface area contributed by atoms with E-state index in [0.29, 0.717) is 11.3 Å². The summed E-state index contributed by atoms with van der Waals surface area (Å²) in [5, 5.41) is 8.84. The van der Waals surface area contributed by atoms with E-state index in [1.165, 1.54) is 18.3 Å². The number of aromatic nitrogens is 1. The Morgan fingerprint density at radius 2 is 2.18 bits per heavy atom. The maximum atomic E-state index is 12.1. The molecule has 0 fully saturated rings. The van der Waals surface area contributed by atoms with Crippen molar-refractivity contribution in [3.05, 3.63) is 27.4 Å². The molecule has 1 aromatic rings. The molecule has 1 aliphatic rings. The van der Waals surface area contributed by atoms with Crippen molar-refractivity contribution >= 4 is 40.4 Å². The molecular weight excluding hydrogens is 322 g/mol. The van der Waals surface area contributed by atoms with Crippen LogP contribution in [-0.2, 0) is 20.7 Å². The van der Waals surface area contributed by atoms with E-state index in [2.05, 4.69) is 15.6 Å². The molecular formula is C14H17N3O3S2. The van der Waals surface area contributed by atoms with Gasteiger partial charge in [-0.2, -0.15) is 0 Å². The fourth-order valence-corrected chi connectivity index (χ4v) is 3.14. The van der Waals surface area contributed by atoms with E-state index in [1.807, 2.05) is 12.3 Å². The molecule has 22 heavy (non-hydrogen) atoms. The van der Waals surface area contributed by atoms with Crippen molar-refractivity contribution in [2.24, 2.45) is 0 Å². The number of ketones is 1. The lowest BCUT2D eigenvalue weighted by Crippen LogP contribution is -2.47. The number of esters is 1. The first-order chi connectivity index (χ1) is 10.5. The first-order valence-corrected chi connectivity index (χ1v) is 8.20. The third-order valence-corrected chi connectivity index (χ3v) is 4.33. The van der Waals surface area contributed by atoms with Crippen molar-refractivity contribution in [2.45, 2.75) is 33.2 Å². The summed E-state index contributed by atoms with van der Waals surface area (Å²) in [5.41, 5.74) is 1.06. The van der Waals surface area contributed by atoms with E-state index in [-0.39, 0.29) is 23.2 Å². The maximum Gasteiger partial charge on any atom is 0.355 e. The summed E-state index contributed by atoms with van der Waals surface area (Å²) in [5.74, 6) is -0.825. The van der Waals surface area contributed by atoms with Gasteiger partial charge in [0, 0.05) is 5.38 Å². The molecule has 0 spiro atoms. The van der Waals surface area contributed by atoms with Crippen LogP contribution in [0.25, 0.3) is 0 Å². The predicted octanol–water partition coefficient (Wildman–Crippen LogP) is 1.63. The molecule has 0 bridgehead atoms. The topological polar surface area (TPSA) is 80.3 Å². The number of ether oxygens (including phenoxy) is 1. The Labute approximate surface area is 138 Å². The highest BCUT2D eigenvalue weighted by molar-refractivity contribution is 7.80. The molecule has 0 radical (unpaired) electrons. The minimum Gasteiger partial charge on any atom is -0.461 e. The monoisotopic (exact) mass is 339 g/mol. The normalized spacial score (nSPS) is 17.8. The highest BCUT2D eigenvalue weighted by atomic mass is 32.1. The van der Waals surface area contributed by atoms with Gasteiger partial charge in [-0.1, -0.05) is 6.92 Å². The van der Waals surface area contributed by atoms with Crippen LogP contribution in [0.1, 0.15) is 37.5 Å². The second-order valence-electron chi connectivity index (χ2n) is 4.62. The van der Waals surface area contributed by atoms with Gasteiger partial charge in [-0.3, -0.25) is 4.79 Å². The van der Waals surface area contributed by atoms with Crippen LogP contribution in [0.4, 0.5) is 0 Å². The SMILES string of the molecule is CCOC(=O)C1=C(C(C)=O)C(c2csc(CC)n2)NC(=S)N1. The van der Waals surface area contributed by atoms with Crippen LogP contribution in [0, 0.1) is 0 Å². The zero-order valence-electron chi connectivity index (χ0n) is 12.6. The number of carbonyl (C=O) groups excluding carboxylic acids is 2. The Hall–Kier alpha value is -1.80. The van der Waals surface area contributed by atoms with Gasteiger partial charge in [-0.25, -0.2) is 9.78 Å². The molecule has 1 aliphatic heterocycles. The first-order valence-electron chi connectivity index (χ1n) is 6.91. The fraction of sp³-hybridized carbons (Fsp3) is 0.429. The molecule has 1 unspecified atom stereocenters. The highest BCUT2D eigenvalue weighted by Crippen LogP contribution is 2.29. The molecule has 1 atom stereocenters. The summed E-state index contributed by atoms with van der Waals surface area (Å²) in [6.45, 7) is 5.34. The second kappa shape index (κ2) is 6.97. The first kappa shape index (κ1) is 16.6. The molecule has 0 saturated carbocycles. The molecule has 2 heterocycles. The molecule has 6 nitrogen and oxygen atoms in total. The summed E-state index contributed by atoms with van der Waals surface area (Å²) in [6.07, 6.45) is 0.809. The van der Waals surface area contributed by atoms with E-state index in [4.69, 9.17) is 17.0 Å². The largest absolute Gasteiger partial charge is 0.461 e. The van der Waals surface area contributed by atoms with Crippen LogP contribution in [0.2, 0.25) is 0 Å². The van der Waals surface area contributed by atoms with Crippen LogP contribution in [0.3, 0.4) is 0 Å². The smallest absolute Gasteiger partial charge is 0.355 e. The summed E-state index contributed by atoms with van der Waals surface area (Å²) in [4.78, 5) is 28.7. The number of thiocarbonyl (C=S) groups is 1. The van der Waals surface area contributed by atoms with Gasteiger partial charge in [0.15, 0.2) is 10.9 Å². The van der Waals surface area contributed by atoms with Crippen LogP contribution in [-0.4, -0.2) is 28.5 Å². The zero-order chi connectivity index (χ0) is 16.3. The van der Waals surface area contributed by atoms with Crippen LogP contribution in [0.5, 0.6) is 0 Å². The second-order valence-corrected chi connectivity index (χ2v) is 5.97. The Morgan fingerprint density at radius 1 is 1.45 bits per heavy atom. The van der Waals surface area contributed by atoms with E-state index in [9.17, 15) is 9.59 Å². The molecule has 0 saturated heterocycles. The van der Waals surface area contributed by atoms with Gasteiger partial charge >= 0.3 is 5.97 Å². The standard InChI is InChI=1S/C14H17N3O3S2/c1-4-9-15-8(6-22-9)11-10(7(3)18)12(13(19)20-5-2)17-14(21)16-11/h6,11H,4-5H2,1-3H3,(H2,16,17,21). The van der Waals surface area contributed by atoms with Crippen LogP contribution in [0.15, 0.2) is 16.7 Å². The number of nitrogens with zero attached hydrogens (tertiary/aromatic N) is 1. The van der Waals surface area contributed by atoms with Gasteiger partial charge in [0.2, 0.25) is 0 Å². The van der Waals surface area contributed by atoms with Crippen molar-refractivity contribution in [1.29, 1.82) is 0 Å². The van der Waals surface area contributed by atoms with Gasteiger partial charge in [0.05, 0.1) is 22.9 Å². The molecule has 2 rings (SSSR count). The number of rotatable bonds is 5. The lowest BCUT2D eigenvalue weighted by Gasteiger charge is -2.28. The number of hydrogen-bond acceptors (Lipinski definition) is 6. The number of thiazole rings is 1. The quantitative estimate of drug-likeness (QED) is 0.623. The molecule has 2 N–H and O–H groups in total. The Balaban J connectivity index is 2.50. The average molecular weight is 339 g/mol. The third kappa shape index (κ3) is 3.33. The van der Waals surface area contributed by atoms with E-state index in [1.54, 1.807) is 6.92 Å². The minimum atomic E-state index is -0.590. The number of carbonyl (C=O) groups is 2. The number of nitrogens with one attached hydrogen (secondary N) is 2. The maximum absolute atomic E-state index is 12.1. The Bertz CT molecular complexity index is 652. The highest BCUT2D eigenvalue weighted by Gasteiger charge is 2.34. The van der Waals surface area contributed by atoms with Crippen molar-refractivity contribution in [3.8, 4) is 0 Å². The summed E-state index contributed by atoms with van der Waals surface area (Å²) >= 11 is 6.65. The lowest BCUT2D eigenvalue weighted by molar-refractivity contribution is -0.139. The average Bonchev–Trinajstić information content (AvgIpc) is 2.95. The molecule has 8 heteroatoms. The molecule has 0 aromatic carbocycles. The molecule has 1 aromatic heterocycles. The molecule has 0 amide bonds. The predicted molar refractivity (Wildman–Crippen MR) is 87.4 cm³/mol. The number of hydrogen-bond donors (Lipinski definition) is 2.